The van der Waals surface area contributed by atoms with E-state index in [-0.39, 0.29) is 6.04 Å². The molecule has 1 unspecified atom stereocenters. The molecule has 0 aliphatic heterocycles. The van der Waals surface area contributed by atoms with Crippen LogP contribution in [0.2, 0.25) is 0 Å². The van der Waals surface area contributed by atoms with Gasteiger partial charge in [0.05, 0.1) is 18.8 Å². The lowest BCUT2D eigenvalue weighted by molar-refractivity contribution is 0.406. The fourth-order valence-electron chi connectivity index (χ4n) is 2.20. The van der Waals surface area contributed by atoms with Gasteiger partial charge in [0.25, 0.3) is 0 Å². The lowest BCUT2D eigenvalue weighted by Gasteiger charge is -2.15. The Morgan fingerprint density at radius 1 is 1.25 bits per heavy atom. The molecule has 0 aliphatic rings. The van der Waals surface area contributed by atoms with E-state index >= 15 is 0 Å². The van der Waals surface area contributed by atoms with Gasteiger partial charge in [0.15, 0.2) is 0 Å². The summed E-state index contributed by atoms with van der Waals surface area (Å²) in [4.78, 5) is 8.81. The Labute approximate surface area is 127 Å². The molecule has 0 bridgehead atoms. The van der Waals surface area contributed by atoms with Crippen molar-refractivity contribution in [2.45, 2.75) is 26.3 Å². The first-order chi connectivity index (χ1) is 9.52. The summed E-state index contributed by atoms with van der Waals surface area (Å²) in [5, 5.41) is 0. The Balaban J connectivity index is 2.23. The first-order valence-corrected chi connectivity index (χ1v) is 7.18. The summed E-state index contributed by atoms with van der Waals surface area (Å²) in [5.74, 6) is 0.881. The first kappa shape index (κ1) is 14.9. The van der Waals surface area contributed by atoms with E-state index in [0.717, 1.165) is 32.7 Å². The molecule has 4 nitrogen and oxygen atoms in total. The van der Waals surface area contributed by atoms with Gasteiger partial charge < -0.3 is 10.5 Å². The molecular formula is C15H18BrN3O. The molecule has 5 heteroatoms. The lowest BCUT2D eigenvalue weighted by Crippen LogP contribution is -2.16. The van der Waals surface area contributed by atoms with Gasteiger partial charge in [-0.05, 0) is 41.9 Å². The molecule has 2 heterocycles. The highest BCUT2D eigenvalue weighted by atomic mass is 79.9. The van der Waals surface area contributed by atoms with Crippen LogP contribution in [-0.2, 0) is 6.42 Å². The van der Waals surface area contributed by atoms with Crippen molar-refractivity contribution in [2.75, 3.05) is 7.11 Å². The highest BCUT2D eigenvalue weighted by molar-refractivity contribution is 9.10. The van der Waals surface area contributed by atoms with Gasteiger partial charge in [-0.1, -0.05) is 0 Å². The molecule has 2 aromatic rings. The van der Waals surface area contributed by atoms with Crippen molar-refractivity contribution in [3.8, 4) is 5.75 Å². The van der Waals surface area contributed by atoms with E-state index in [1.807, 2.05) is 32.2 Å². The summed E-state index contributed by atoms with van der Waals surface area (Å²) < 4.78 is 6.36. The van der Waals surface area contributed by atoms with Crippen LogP contribution in [0.4, 0.5) is 0 Å². The molecular weight excluding hydrogens is 318 g/mol. The molecule has 0 aliphatic carbocycles. The standard InChI is InChI=1S/C15H18BrN3O/c1-9-7-18-14(10(2)15(9)20-3)6-12(17)13-5-4-11(16)8-19-13/h4-5,7-8,12H,6,17H2,1-3H3. The summed E-state index contributed by atoms with van der Waals surface area (Å²) in [5.41, 5.74) is 10.1. The molecule has 20 heavy (non-hydrogen) atoms. The number of aryl methyl sites for hydroxylation is 1. The molecule has 0 spiro atoms. The van der Waals surface area contributed by atoms with Crippen LogP contribution < -0.4 is 10.5 Å². The lowest BCUT2D eigenvalue weighted by atomic mass is 10.0. The minimum Gasteiger partial charge on any atom is -0.496 e. The highest BCUT2D eigenvalue weighted by Crippen LogP contribution is 2.26. The van der Waals surface area contributed by atoms with E-state index in [1.165, 1.54) is 0 Å². The van der Waals surface area contributed by atoms with Crippen LogP contribution in [0.15, 0.2) is 29.0 Å². The fourth-order valence-corrected chi connectivity index (χ4v) is 2.43. The van der Waals surface area contributed by atoms with Crippen molar-refractivity contribution in [3.63, 3.8) is 0 Å². The zero-order valence-electron chi connectivity index (χ0n) is 11.9. The number of hydrogen-bond donors (Lipinski definition) is 1. The topological polar surface area (TPSA) is 61.0 Å². The number of halogens is 1. The van der Waals surface area contributed by atoms with Crippen LogP contribution in [0.1, 0.15) is 28.6 Å². The average Bonchev–Trinajstić information content (AvgIpc) is 2.43. The molecule has 2 aromatic heterocycles. The molecule has 2 N–H and O–H groups in total. The minimum absolute atomic E-state index is 0.179. The van der Waals surface area contributed by atoms with Crippen LogP contribution in [0.25, 0.3) is 0 Å². The monoisotopic (exact) mass is 335 g/mol. The van der Waals surface area contributed by atoms with Crippen LogP contribution in [-0.4, -0.2) is 17.1 Å². The van der Waals surface area contributed by atoms with Crippen molar-refractivity contribution >= 4 is 15.9 Å². The Bertz CT molecular complexity index is 599. The van der Waals surface area contributed by atoms with Gasteiger partial charge in [0, 0.05) is 40.1 Å². The average molecular weight is 336 g/mol. The van der Waals surface area contributed by atoms with E-state index in [0.29, 0.717) is 6.42 Å². The second-order valence-corrected chi connectivity index (χ2v) is 5.67. The molecule has 0 amide bonds. The summed E-state index contributed by atoms with van der Waals surface area (Å²) in [6, 6.07) is 3.69. The summed E-state index contributed by atoms with van der Waals surface area (Å²) >= 11 is 3.37. The molecule has 0 radical (unpaired) electrons. The van der Waals surface area contributed by atoms with Crippen molar-refractivity contribution in [3.05, 3.63) is 51.5 Å². The number of methoxy groups -OCH3 is 1. The van der Waals surface area contributed by atoms with Gasteiger partial charge >= 0.3 is 0 Å². The number of hydrogen-bond acceptors (Lipinski definition) is 4. The van der Waals surface area contributed by atoms with Crippen molar-refractivity contribution in [2.24, 2.45) is 5.73 Å². The van der Waals surface area contributed by atoms with Crippen LogP contribution in [0.3, 0.4) is 0 Å². The molecule has 0 fully saturated rings. The third-order valence-corrected chi connectivity index (χ3v) is 3.76. The quantitative estimate of drug-likeness (QED) is 0.932. The number of nitrogens with zero attached hydrogens (tertiary/aromatic N) is 2. The van der Waals surface area contributed by atoms with Gasteiger partial charge in [0.1, 0.15) is 5.75 Å². The van der Waals surface area contributed by atoms with E-state index in [2.05, 4.69) is 25.9 Å². The summed E-state index contributed by atoms with van der Waals surface area (Å²) in [6.45, 7) is 3.99. The molecule has 1 atom stereocenters. The van der Waals surface area contributed by atoms with Crippen LogP contribution in [0.5, 0.6) is 5.75 Å². The third-order valence-electron chi connectivity index (χ3n) is 3.29. The van der Waals surface area contributed by atoms with E-state index < -0.39 is 0 Å². The normalized spacial score (nSPS) is 12.2. The number of nitrogens with two attached hydrogens (primary N) is 1. The van der Waals surface area contributed by atoms with Gasteiger partial charge in [-0.2, -0.15) is 0 Å². The second kappa shape index (κ2) is 6.33. The van der Waals surface area contributed by atoms with Gasteiger partial charge in [-0.25, -0.2) is 0 Å². The SMILES string of the molecule is COc1c(C)cnc(CC(N)c2ccc(Br)cn2)c1C. The predicted octanol–water partition coefficient (Wildman–Crippen LogP) is 3.11. The largest absolute Gasteiger partial charge is 0.496 e. The number of ether oxygens (including phenoxy) is 1. The fraction of sp³-hybridized carbons (Fsp3) is 0.333. The maximum absolute atomic E-state index is 6.22. The van der Waals surface area contributed by atoms with Crippen molar-refractivity contribution in [1.82, 2.24) is 9.97 Å². The Morgan fingerprint density at radius 2 is 2.00 bits per heavy atom. The van der Waals surface area contributed by atoms with Gasteiger partial charge in [-0.15, -0.1) is 0 Å². The zero-order chi connectivity index (χ0) is 14.7. The number of aromatic nitrogens is 2. The molecule has 0 saturated carbocycles. The Morgan fingerprint density at radius 3 is 2.60 bits per heavy atom. The number of rotatable bonds is 4. The maximum Gasteiger partial charge on any atom is 0.128 e. The molecule has 2 rings (SSSR count). The second-order valence-electron chi connectivity index (χ2n) is 4.76. The van der Waals surface area contributed by atoms with Crippen molar-refractivity contribution in [1.29, 1.82) is 0 Å². The highest BCUT2D eigenvalue weighted by Gasteiger charge is 2.14. The van der Waals surface area contributed by atoms with Crippen molar-refractivity contribution < 1.29 is 4.74 Å². The van der Waals surface area contributed by atoms with E-state index in [4.69, 9.17) is 10.5 Å². The summed E-state index contributed by atoms with van der Waals surface area (Å²) in [7, 11) is 1.68. The Hall–Kier alpha value is -1.46. The van der Waals surface area contributed by atoms with Crippen LogP contribution >= 0.6 is 15.9 Å². The predicted molar refractivity (Wildman–Crippen MR) is 82.8 cm³/mol. The smallest absolute Gasteiger partial charge is 0.128 e. The molecule has 0 aromatic carbocycles. The zero-order valence-corrected chi connectivity index (χ0v) is 13.4. The van der Waals surface area contributed by atoms with Gasteiger partial charge in [-0.3, -0.25) is 9.97 Å². The molecule has 106 valence electrons. The van der Waals surface area contributed by atoms with Crippen LogP contribution in [0, 0.1) is 13.8 Å². The Kier molecular flexibility index (Phi) is 4.73. The van der Waals surface area contributed by atoms with E-state index in [9.17, 15) is 0 Å². The summed E-state index contributed by atoms with van der Waals surface area (Å²) in [6.07, 6.45) is 4.21. The maximum atomic E-state index is 6.22. The minimum atomic E-state index is -0.179. The molecule has 0 saturated heterocycles. The third kappa shape index (κ3) is 3.16. The van der Waals surface area contributed by atoms with Gasteiger partial charge in [0.2, 0.25) is 0 Å². The first-order valence-electron chi connectivity index (χ1n) is 6.39. The van der Waals surface area contributed by atoms with E-state index in [1.54, 1.807) is 13.3 Å². The number of pyridine rings is 2.